The Bertz CT molecular complexity index is 572. The van der Waals surface area contributed by atoms with Gasteiger partial charge >= 0.3 is 0 Å². The minimum Gasteiger partial charge on any atom is -0.396 e. The Balaban J connectivity index is 2.66. The van der Waals surface area contributed by atoms with Crippen molar-refractivity contribution in [3.63, 3.8) is 0 Å². The van der Waals surface area contributed by atoms with Gasteiger partial charge in [-0.25, -0.2) is 4.98 Å². The Hall–Kier alpha value is -1.84. The molecule has 0 aliphatic rings. The van der Waals surface area contributed by atoms with Crippen molar-refractivity contribution in [2.45, 2.75) is 20.3 Å². The average molecular weight is 217 g/mol. The van der Waals surface area contributed by atoms with Crippen LogP contribution in [0.5, 0.6) is 0 Å². The van der Waals surface area contributed by atoms with E-state index < -0.39 is 0 Å². The zero-order valence-corrected chi connectivity index (χ0v) is 9.47. The highest BCUT2D eigenvalue weighted by atomic mass is 16.1. The Morgan fingerprint density at radius 2 is 2.25 bits per heavy atom. The van der Waals surface area contributed by atoms with Gasteiger partial charge in [-0.1, -0.05) is 13.8 Å². The molecule has 2 rings (SSSR count). The van der Waals surface area contributed by atoms with Crippen molar-refractivity contribution in [2.24, 2.45) is 5.92 Å². The van der Waals surface area contributed by atoms with E-state index in [0.717, 1.165) is 12.1 Å². The predicted molar refractivity (Wildman–Crippen MR) is 64.4 cm³/mol. The molecule has 0 unspecified atom stereocenters. The molecule has 2 N–H and O–H groups in total. The number of pyridine rings is 1. The first-order chi connectivity index (χ1) is 7.58. The maximum atomic E-state index is 11.8. The van der Waals surface area contributed by atoms with Crippen LogP contribution in [0.25, 0.3) is 5.65 Å². The fourth-order valence-corrected chi connectivity index (χ4v) is 1.72. The van der Waals surface area contributed by atoms with Gasteiger partial charge in [0.15, 0.2) is 5.65 Å². The Morgan fingerprint density at radius 1 is 1.50 bits per heavy atom. The predicted octanol–water partition coefficient (Wildman–Crippen LogP) is 1.48. The molecule has 0 aromatic carbocycles. The maximum absolute atomic E-state index is 11.8. The van der Waals surface area contributed by atoms with Crippen molar-refractivity contribution >= 4 is 11.3 Å². The second-order valence-electron chi connectivity index (χ2n) is 4.34. The largest absolute Gasteiger partial charge is 0.396 e. The van der Waals surface area contributed by atoms with Crippen LogP contribution in [0.2, 0.25) is 0 Å². The number of nitrogens with zero attached hydrogens (tertiary/aromatic N) is 2. The first-order valence-corrected chi connectivity index (χ1v) is 5.34. The number of fused-ring (bicyclic) bond motifs is 1. The number of anilines is 1. The second kappa shape index (κ2) is 3.96. The van der Waals surface area contributed by atoms with Gasteiger partial charge in [0.05, 0.1) is 5.69 Å². The second-order valence-corrected chi connectivity index (χ2v) is 4.34. The van der Waals surface area contributed by atoms with Gasteiger partial charge in [0.2, 0.25) is 0 Å². The molecule has 4 heteroatoms. The van der Waals surface area contributed by atoms with E-state index in [4.69, 9.17) is 5.73 Å². The number of nitrogens with two attached hydrogens (primary N) is 1. The molecule has 84 valence electrons. The molecule has 0 spiro atoms. The fraction of sp³-hybridized carbons (Fsp3) is 0.333. The fourth-order valence-electron chi connectivity index (χ4n) is 1.72. The standard InChI is InChI=1S/C12H15N3O/c1-8(2)6-9-7-11(16)15-5-3-4-10(13)12(15)14-9/h3-5,7-8H,6,13H2,1-2H3. The topological polar surface area (TPSA) is 60.4 Å². The summed E-state index contributed by atoms with van der Waals surface area (Å²) in [7, 11) is 0. The summed E-state index contributed by atoms with van der Waals surface area (Å²) in [6.45, 7) is 4.19. The maximum Gasteiger partial charge on any atom is 0.258 e. The quantitative estimate of drug-likeness (QED) is 0.828. The summed E-state index contributed by atoms with van der Waals surface area (Å²) in [4.78, 5) is 16.2. The zero-order valence-electron chi connectivity index (χ0n) is 9.47. The van der Waals surface area contributed by atoms with E-state index >= 15 is 0 Å². The highest BCUT2D eigenvalue weighted by molar-refractivity contribution is 5.63. The molecule has 0 amide bonds. The van der Waals surface area contributed by atoms with Gasteiger partial charge in [-0.3, -0.25) is 9.20 Å². The van der Waals surface area contributed by atoms with Crippen LogP contribution in [-0.4, -0.2) is 9.38 Å². The lowest BCUT2D eigenvalue weighted by Crippen LogP contribution is -2.17. The van der Waals surface area contributed by atoms with Crippen LogP contribution < -0.4 is 11.3 Å². The molecule has 0 bridgehead atoms. The van der Waals surface area contributed by atoms with Gasteiger partial charge in [-0.05, 0) is 24.5 Å². The third-order valence-electron chi connectivity index (χ3n) is 2.39. The highest BCUT2D eigenvalue weighted by Crippen LogP contribution is 2.10. The monoisotopic (exact) mass is 217 g/mol. The van der Waals surface area contributed by atoms with Crippen LogP contribution >= 0.6 is 0 Å². The first-order valence-electron chi connectivity index (χ1n) is 5.34. The molecule has 0 atom stereocenters. The molecule has 0 radical (unpaired) electrons. The van der Waals surface area contributed by atoms with Crippen molar-refractivity contribution < 1.29 is 0 Å². The molecule has 4 nitrogen and oxygen atoms in total. The van der Waals surface area contributed by atoms with E-state index in [-0.39, 0.29) is 5.56 Å². The van der Waals surface area contributed by atoms with E-state index in [1.54, 1.807) is 24.4 Å². The number of hydrogen-bond donors (Lipinski definition) is 1. The lowest BCUT2D eigenvalue weighted by atomic mass is 10.1. The van der Waals surface area contributed by atoms with E-state index in [2.05, 4.69) is 18.8 Å². The number of rotatable bonds is 2. The summed E-state index contributed by atoms with van der Waals surface area (Å²) >= 11 is 0. The molecule has 0 aliphatic carbocycles. The summed E-state index contributed by atoms with van der Waals surface area (Å²) in [5, 5.41) is 0. The Kier molecular flexibility index (Phi) is 2.64. The lowest BCUT2D eigenvalue weighted by Gasteiger charge is -2.07. The average Bonchev–Trinajstić information content (AvgIpc) is 2.19. The molecular weight excluding hydrogens is 202 g/mol. The summed E-state index contributed by atoms with van der Waals surface area (Å²) < 4.78 is 1.47. The molecule has 0 fully saturated rings. The molecule has 2 aromatic heterocycles. The van der Waals surface area contributed by atoms with Crippen molar-refractivity contribution in [2.75, 3.05) is 5.73 Å². The summed E-state index contributed by atoms with van der Waals surface area (Å²) in [6.07, 6.45) is 2.47. The molecule has 0 saturated heterocycles. The van der Waals surface area contributed by atoms with Gasteiger partial charge in [0.25, 0.3) is 5.56 Å². The lowest BCUT2D eigenvalue weighted by molar-refractivity contribution is 0.634. The van der Waals surface area contributed by atoms with Crippen LogP contribution in [0.4, 0.5) is 5.69 Å². The molecular formula is C12H15N3O. The van der Waals surface area contributed by atoms with Crippen LogP contribution in [0, 0.1) is 5.92 Å². The summed E-state index contributed by atoms with van der Waals surface area (Å²) in [5.41, 5.74) is 7.61. The van der Waals surface area contributed by atoms with Gasteiger partial charge in [0, 0.05) is 18.0 Å². The molecule has 2 aromatic rings. The minimum absolute atomic E-state index is 0.0760. The smallest absolute Gasteiger partial charge is 0.258 e. The van der Waals surface area contributed by atoms with Crippen LogP contribution in [0.15, 0.2) is 29.2 Å². The normalized spacial score (nSPS) is 11.2. The van der Waals surface area contributed by atoms with E-state index in [1.165, 1.54) is 4.40 Å². The summed E-state index contributed by atoms with van der Waals surface area (Å²) in [6, 6.07) is 5.07. The van der Waals surface area contributed by atoms with E-state index in [0.29, 0.717) is 17.3 Å². The number of hydrogen-bond acceptors (Lipinski definition) is 3. The Labute approximate surface area is 93.7 Å². The SMILES string of the molecule is CC(C)Cc1cc(=O)n2cccc(N)c2n1. The molecule has 16 heavy (non-hydrogen) atoms. The van der Waals surface area contributed by atoms with Crippen LogP contribution in [-0.2, 0) is 6.42 Å². The molecule has 0 saturated carbocycles. The van der Waals surface area contributed by atoms with Crippen molar-refractivity contribution in [1.82, 2.24) is 9.38 Å². The van der Waals surface area contributed by atoms with Crippen LogP contribution in [0.1, 0.15) is 19.5 Å². The number of nitrogen functional groups attached to an aromatic ring is 1. The van der Waals surface area contributed by atoms with Gasteiger partial charge in [-0.2, -0.15) is 0 Å². The van der Waals surface area contributed by atoms with E-state index in [9.17, 15) is 4.79 Å². The van der Waals surface area contributed by atoms with Gasteiger partial charge in [-0.15, -0.1) is 0 Å². The van der Waals surface area contributed by atoms with Crippen molar-refractivity contribution in [1.29, 1.82) is 0 Å². The van der Waals surface area contributed by atoms with E-state index in [1.807, 2.05) is 0 Å². The zero-order chi connectivity index (χ0) is 11.7. The highest BCUT2D eigenvalue weighted by Gasteiger charge is 2.05. The van der Waals surface area contributed by atoms with Crippen LogP contribution in [0.3, 0.4) is 0 Å². The molecule has 2 heterocycles. The summed E-state index contributed by atoms with van der Waals surface area (Å²) in [5.74, 6) is 0.472. The first kappa shape index (κ1) is 10.7. The third-order valence-corrected chi connectivity index (χ3v) is 2.39. The van der Waals surface area contributed by atoms with Gasteiger partial charge < -0.3 is 5.73 Å². The number of aromatic nitrogens is 2. The van der Waals surface area contributed by atoms with Gasteiger partial charge in [0.1, 0.15) is 0 Å². The van der Waals surface area contributed by atoms with Crippen molar-refractivity contribution in [3.05, 3.63) is 40.4 Å². The third kappa shape index (κ3) is 1.91. The Morgan fingerprint density at radius 3 is 2.94 bits per heavy atom. The molecule has 0 aliphatic heterocycles. The minimum atomic E-state index is -0.0760. The van der Waals surface area contributed by atoms with Crippen molar-refractivity contribution in [3.8, 4) is 0 Å².